The third-order valence-electron chi connectivity index (χ3n) is 1.93. The molecule has 4 N–H and O–H groups in total. The molecule has 1 aromatic carbocycles. The molecule has 1 rings (SSSR count). The first kappa shape index (κ1) is 11.7. The summed E-state index contributed by atoms with van der Waals surface area (Å²) in [5, 5.41) is 12.0. The number of aliphatic hydroxyl groups is 1. The van der Waals surface area contributed by atoms with Crippen molar-refractivity contribution in [3.63, 3.8) is 0 Å². The van der Waals surface area contributed by atoms with E-state index >= 15 is 0 Å². The molecule has 0 saturated heterocycles. The molecule has 4 nitrogen and oxygen atoms in total. The van der Waals surface area contributed by atoms with Gasteiger partial charge in [0.1, 0.15) is 5.75 Å². The Bertz CT molecular complexity index is 315. The summed E-state index contributed by atoms with van der Waals surface area (Å²) in [7, 11) is 0. The Morgan fingerprint density at radius 1 is 1.47 bits per heavy atom. The van der Waals surface area contributed by atoms with Crippen LogP contribution in [-0.2, 0) is 0 Å². The molecule has 0 spiro atoms. The van der Waals surface area contributed by atoms with Gasteiger partial charge in [0.05, 0.1) is 13.2 Å². The molecular formula is C11H18N2O2. The van der Waals surface area contributed by atoms with E-state index in [1.54, 1.807) is 6.07 Å². The fraction of sp³-hybridized carbons (Fsp3) is 0.455. The molecule has 0 amide bonds. The SMILES string of the molecule is CCOc1cc(N)cc(NC(C)CO)c1. The first-order valence-corrected chi connectivity index (χ1v) is 5.06. The largest absolute Gasteiger partial charge is 0.494 e. The summed E-state index contributed by atoms with van der Waals surface area (Å²) in [5.74, 6) is 0.741. The second-order valence-electron chi connectivity index (χ2n) is 3.45. The second-order valence-corrected chi connectivity index (χ2v) is 3.45. The summed E-state index contributed by atoms with van der Waals surface area (Å²) in [6, 6.07) is 5.46. The predicted molar refractivity (Wildman–Crippen MR) is 62.2 cm³/mol. The van der Waals surface area contributed by atoms with Gasteiger partial charge in [-0.1, -0.05) is 0 Å². The number of hydrogen-bond donors (Lipinski definition) is 3. The molecule has 0 fully saturated rings. The first-order chi connectivity index (χ1) is 7.15. The Kier molecular flexibility index (Phi) is 4.24. The lowest BCUT2D eigenvalue weighted by Gasteiger charge is -2.14. The molecule has 0 aliphatic rings. The predicted octanol–water partition coefficient (Wildman–Crippen LogP) is 1.46. The fourth-order valence-corrected chi connectivity index (χ4v) is 1.29. The van der Waals surface area contributed by atoms with Crippen LogP contribution in [0.1, 0.15) is 13.8 Å². The standard InChI is InChI=1S/C11H18N2O2/c1-3-15-11-5-9(12)4-10(6-11)13-8(2)7-14/h4-6,8,13-14H,3,7,12H2,1-2H3. The van der Waals surface area contributed by atoms with E-state index in [0.717, 1.165) is 11.4 Å². The zero-order valence-corrected chi connectivity index (χ0v) is 9.16. The number of anilines is 2. The minimum Gasteiger partial charge on any atom is -0.494 e. The van der Waals surface area contributed by atoms with Crippen LogP contribution in [0.4, 0.5) is 11.4 Å². The van der Waals surface area contributed by atoms with Crippen LogP contribution >= 0.6 is 0 Å². The number of rotatable bonds is 5. The third kappa shape index (κ3) is 3.67. The molecule has 0 radical (unpaired) electrons. The molecule has 1 unspecified atom stereocenters. The monoisotopic (exact) mass is 210 g/mol. The van der Waals surface area contributed by atoms with Crippen molar-refractivity contribution in [1.82, 2.24) is 0 Å². The van der Waals surface area contributed by atoms with E-state index in [1.165, 1.54) is 0 Å². The Balaban J connectivity index is 2.78. The molecule has 0 aromatic heterocycles. The van der Waals surface area contributed by atoms with Gasteiger partial charge in [0.15, 0.2) is 0 Å². The Hall–Kier alpha value is -1.42. The lowest BCUT2D eigenvalue weighted by atomic mass is 10.2. The molecule has 0 aliphatic carbocycles. The molecule has 1 aromatic rings. The lowest BCUT2D eigenvalue weighted by molar-refractivity contribution is 0.281. The smallest absolute Gasteiger partial charge is 0.123 e. The molecule has 0 bridgehead atoms. The van der Waals surface area contributed by atoms with Gasteiger partial charge >= 0.3 is 0 Å². The van der Waals surface area contributed by atoms with Gasteiger partial charge in [-0.3, -0.25) is 0 Å². The van der Waals surface area contributed by atoms with Crippen molar-refractivity contribution in [2.75, 3.05) is 24.3 Å². The normalized spacial score (nSPS) is 12.2. The average molecular weight is 210 g/mol. The number of nitrogens with two attached hydrogens (primary N) is 1. The molecule has 4 heteroatoms. The highest BCUT2D eigenvalue weighted by atomic mass is 16.5. The van der Waals surface area contributed by atoms with Crippen molar-refractivity contribution in [2.45, 2.75) is 19.9 Å². The van der Waals surface area contributed by atoms with Crippen LogP contribution in [0.15, 0.2) is 18.2 Å². The van der Waals surface area contributed by atoms with Crippen LogP contribution < -0.4 is 15.8 Å². The summed E-state index contributed by atoms with van der Waals surface area (Å²) in [4.78, 5) is 0. The number of nitrogen functional groups attached to an aromatic ring is 1. The van der Waals surface area contributed by atoms with Crippen LogP contribution in [0.5, 0.6) is 5.75 Å². The topological polar surface area (TPSA) is 67.5 Å². The molecule has 0 saturated carbocycles. The highest BCUT2D eigenvalue weighted by Crippen LogP contribution is 2.22. The summed E-state index contributed by atoms with van der Waals surface area (Å²) in [6.07, 6.45) is 0. The van der Waals surface area contributed by atoms with E-state index in [9.17, 15) is 0 Å². The lowest BCUT2D eigenvalue weighted by Crippen LogP contribution is -2.19. The fourth-order valence-electron chi connectivity index (χ4n) is 1.29. The van der Waals surface area contributed by atoms with Crippen molar-refractivity contribution >= 4 is 11.4 Å². The first-order valence-electron chi connectivity index (χ1n) is 5.06. The maximum Gasteiger partial charge on any atom is 0.123 e. The van der Waals surface area contributed by atoms with Crippen LogP contribution in [0.25, 0.3) is 0 Å². The molecular weight excluding hydrogens is 192 g/mol. The number of hydrogen-bond acceptors (Lipinski definition) is 4. The van der Waals surface area contributed by atoms with E-state index in [1.807, 2.05) is 26.0 Å². The van der Waals surface area contributed by atoms with E-state index in [4.69, 9.17) is 15.6 Å². The highest BCUT2D eigenvalue weighted by Gasteiger charge is 2.03. The van der Waals surface area contributed by atoms with Crippen LogP contribution in [0.2, 0.25) is 0 Å². The van der Waals surface area contributed by atoms with E-state index in [2.05, 4.69) is 5.32 Å². The summed E-state index contributed by atoms with van der Waals surface area (Å²) >= 11 is 0. The Labute approximate surface area is 90.1 Å². The van der Waals surface area contributed by atoms with Crippen LogP contribution in [-0.4, -0.2) is 24.4 Å². The van der Waals surface area contributed by atoms with Gasteiger partial charge in [0, 0.05) is 29.5 Å². The van der Waals surface area contributed by atoms with Gasteiger partial charge in [-0.25, -0.2) is 0 Å². The zero-order chi connectivity index (χ0) is 11.3. The highest BCUT2D eigenvalue weighted by molar-refractivity contribution is 5.59. The van der Waals surface area contributed by atoms with E-state index < -0.39 is 0 Å². The second kappa shape index (κ2) is 5.46. The van der Waals surface area contributed by atoms with E-state index in [0.29, 0.717) is 12.3 Å². The maximum atomic E-state index is 8.91. The van der Waals surface area contributed by atoms with Crippen molar-refractivity contribution < 1.29 is 9.84 Å². The van der Waals surface area contributed by atoms with Gasteiger partial charge in [-0.15, -0.1) is 0 Å². The van der Waals surface area contributed by atoms with Crippen molar-refractivity contribution in [1.29, 1.82) is 0 Å². The quantitative estimate of drug-likeness (QED) is 0.644. The Morgan fingerprint density at radius 2 is 2.20 bits per heavy atom. The minimum absolute atomic E-state index is 0.00118. The minimum atomic E-state index is 0.00118. The molecule has 0 heterocycles. The van der Waals surface area contributed by atoms with Gasteiger partial charge in [-0.05, 0) is 19.9 Å². The molecule has 15 heavy (non-hydrogen) atoms. The Morgan fingerprint density at radius 3 is 2.80 bits per heavy atom. The molecule has 0 aliphatic heterocycles. The number of nitrogens with one attached hydrogen (secondary N) is 1. The van der Waals surface area contributed by atoms with E-state index in [-0.39, 0.29) is 12.6 Å². The number of aliphatic hydroxyl groups excluding tert-OH is 1. The van der Waals surface area contributed by atoms with Crippen molar-refractivity contribution in [2.24, 2.45) is 0 Å². The maximum absolute atomic E-state index is 8.91. The zero-order valence-electron chi connectivity index (χ0n) is 9.16. The van der Waals surface area contributed by atoms with Gasteiger partial charge in [0.2, 0.25) is 0 Å². The summed E-state index contributed by atoms with van der Waals surface area (Å²) in [5.41, 5.74) is 7.23. The van der Waals surface area contributed by atoms with Crippen LogP contribution in [0.3, 0.4) is 0 Å². The third-order valence-corrected chi connectivity index (χ3v) is 1.93. The summed E-state index contributed by atoms with van der Waals surface area (Å²) < 4.78 is 5.36. The number of ether oxygens (including phenoxy) is 1. The van der Waals surface area contributed by atoms with Crippen LogP contribution in [0, 0.1) is 0 Å². The van der Waals surface area contributed by atoms with Gasteiger partial charge in [0.25, 0.3) is 0 Å². The molecule has 84 valence electrons. The molecule has 1 atom stereocenters. The van der Waals surface area contributed by atoms with Crippen molar-refractivity contribution in [3.05, 3.63) is 18.2 Å². The average Bonchev–Trinajstić information content (AvgIpc) is 2.17. The van der Waals surface area contributed by atoms with Crippen molar-refractivity contribution in [3.8, 4) is 5.75 Å². The van der Waals surface area contributed by atoms with Gasteiger partial charge in [-0.2, -0.15) is 0 Å². The number of benzene rings is 1. The van der Waals surface area contributed by atoms with Gasteiger partial charge < -0.3 is 20.9 Å². The summed E-state index contributed by atoms with van der Waals surface area (Å²) in [6.45, 7) is 4.51.